The summed E-state index contributed by atoms with van der Waals surface area (Å²) in [6.45, 7) is 0. The molecule has 2 aromatic heterocycles. The molecule has 4 nitrogen and oxygen atoms in total. The lowest BCUT2D eigenvalue weighted by Crippen LogP contribution is -1.80. The number of methoxy groups -OCH3 is 1. The van der Waals surface area contributed by atoms with Crippen molar-refractivity contribution in [2.75, 3.05) is 12.8 Å². The molecule has 0 bridgehead atoms. The van der Waals surface area contributed by atoms with Gasteiger partial charge in [-0.15, -0.1) is 11.3 Å². The predicted octanol–water partition coefficient (Wildman–Crippen LogP) is 3.15. The van der Waals surface area contributed by atoms with Crippen molar-refractivity contribution in [2.24, 2.45) is 0 Å². The van der Waals surface area contributed by atoms with E-state index in [0.29, 0.717) is 11.6 Å². The number of nitrogen functional groups attached to an aromatic ring is 1. The predicted molar refractivity (Wildman–Crippen MR) is 68.3 cm³/mol. The molecule has 0 atom stereocenters. The lowest BCUT2D eigenvalue weighted by atomic mass is 10.2. The maximum absolute atomic E-state index is 5.54. The summed E-state index contributed by atoms with van der Waals surface area (Å²) < 4.78 is 11.6. The van der Waals surface area contributed by atoms with Crippen LogP contribution in [-0.2, 0) is 0 Å². The van der Waals surface area contributed by atoms with Gasteiger partial charge >= 0.3 is 0 Å². The highest BCUT2D eigenvalue weighted by Crippen LogP contribution is 2.38. The highest BCUT2D eigenvalue weighted by molar-refractivity contribution is 7.22. The summed E-state index contributed by atoms with van der Waals surface area (Å²) in [5.74, 6) is 1.95. The van der Waals surface area contributed by atoms with Crippen molar-refractivity contribution in [1.82, 2.24) is 5.16 Å². The van der Waals surface area contributed by atoms with Crippen LogP contribution >= 0.6 is 11.3 Å². The summed E-state index contributed by atoms with van der Waals surface area (Å²) in [7, 11) is 1.67. The van der Waals surface area contributed by atoms with Gasteiger partial charge in [0.25, 0.3) is 0 Å². The molecule has 3 rings (SSSR count). The zero-order valence-corrected chi connectivity index (χ0v) is 9.95. The molecule has 5 heteroatoms. The van der Waals surface area contributed by atoms with E-state index >= 15 is 0 Å². The molecular weight excluding hydrogens is 236 g/mol. The minimum absolute atomic E-state index is 0.393. The fourth-order valence-electron chi connectivity index (χ4n) is 1.72. The van der Waals surface area contributed by atoms with Crippen molar-refractivity contribution in [3.8, 4) is 16.4 Å². The Kier molecular flexibility index (Phi) is 2.26. The summed E-state index contributed by atoms with van der Waals surface area (Å²) in [4.78, 5) is 0.994. The van der Waals surface area contributed by atoms with E-state index in [-0.39, 0.29) is 0 Å². The second-order valence-electron chi connectivity index (χ2n) is 3.61. The van der Waals surface area contributed by atoms with E-state index in [1.165, 1.54) is 0 Å². The number of hydrogen-bond donors (Lipinski definition) is 1. The molecule has 0 unspecified atom stereocenters. The molecule has 1 aromatic carbocycles. The summed E-state index contributed by atoms with van der Waals surface area (Å²) >= 11 is 1.60. The van der Waals surface area contributed by atoms with Gasteiger partial charge in [-0.25, -0.2) is 0 Å². The van der Waals surface area contributed by atoms with E-state index in [0.717, 1.165) is 20.7 Å². The van der Waals surface area contributed by atoms with Gasteiger partial charge in [0.05, 0.1) is 16.7 Å². The average molecular weight is 246 g/mol. The van der Waals surface area contributed by atoms with E-state index in [9.17, 15) is 0 Å². The molecule has 0 aliphatic heterocycles. The van der Waals surface area contributed by atoms with Crippen molar-refractivity contribution >= 4 is 27.2 Å². The second-order valence-corrected chi connectivity index (χ2v) is 4.66. The molecule has 3 aromatic rings. The van der Waals surface area contributed by atoms with Gasteiger partial charge in [-0.2, -0.15) is 0 Å². The van der Waals surface area contributed by atoms with E-state index in [4.69, 9.17) is 15.0 Å². The molecule has 86 valence electrons. The van der Waals surface area contributed by atoms with Gasteiger partial charge in [-0.05, 0) is 17.5 Å². The SMILES string of the molecule is COc1cccc2cc(-c3cc(N)no3)sc12. The summed E-state index contributed by atoms with van der Waals surface area (Å²) in [5, 5.41) is 4.81. The van der Waals surface area contributed by atoms with Crippen molar-refractivity contribution in [3.63, 3.8) is 0 Å². The maximum atomic E-state index is 5.54. The van der Waals surface area contributed by atoms with Crippen LogP contribution in [0.2, 0.25) is 0 Å². The Hall–Kier alpha value is -2.01. The average Bonchev–Trinajstić information content (AvgIpc) is 2.93. The quantitative estimate of drug-likeness (QED) is 0.754. The topological polar surface area (TPSA) is 61.3 Å². The van der Waals surface area contributed by atoms with Crippen LogP contribution in [0.25, 0.3) is 20.7 Å². The van der Waals surface area contributed by atoms with E-state index in [1.807, 2.05) is 24.3 Å². The van der Waals surface area contributed by atoms with Crippen molar-refractivity contribution in [1.29, 1.82) is 0 Å². The Morgan fingerprint density at radius 3 is 2.94 bits per heavy atom. The van der Waals surface area contributed by atoms with Crippen LogP contribution < -0.4 is 10.5 Å². The van der Waals surface area contributed by atoms with Crippen LogP contribution in [0.15, 0.2) is 34.9 Å². The number of benzene rings is 1. The minimum atomic E-state index is 0.393. The monoisotopic (exact) mass is 246 g/mol. The van der Waals surface area contributed by atoms with E-state index < -0.39 is 0 Å². The number of nitrogens with two attached hydrogens (primary N) is 1. The van der Waals surface area contributed by atoms with Gasteiger partial charge in [0.15, 0.2) is 11.6 Å². The summed E-state index contributed by atoms with van der Waals surface area (Å²) in [5.41, 5.74) is 5.54. The maximum Gasteiger partial charge on any atom is 0.179 e. The van der Waals surface area contributed by atoms with Gasteiger partial charge in [-0.3, -0.25) is 0 Å². The first kappa shape index (κ1) is 10.2. The molecule has 0 spiro atoms. The smallest absolute Gasteiger partial charge is 0.179 e. The fourth-order valence-corrected chi connectivity index (χ4v) is 2.82. The number of aromatic nitrogens is 1. The molecule has 0 saturated carbocycles. The largest absolute Gasteiger partial charge is 0.495 e. The first-order valence-electron chi connectivity index (χ1n) is 5.07. The standard InChI is InChI=1S/C12H10N2O2S/c1-15-8-4-2-3-7-5-10(17-12(7)8)9-6-11(13)14-16-9/h2-6H,1H3,(H2,13,14). The minimum Gasteiger partial charge on any atom is -0.495 e. The fraction of sp³-hybridized carbons (Fsp3) is 0.0833. The number of anilines is 1. The van der Waals surface area contributed by atoms with Gasteiger partial charge in [0.2, 0.25) is 0 Å². The normalized spacial score (nSPS) is 10.9. The lowest BCUT2D eigenvalue weighted by Gasteiger charge is -1.98. The highest BCUT2D eigenvalue weighted by Gasteiger charge is 2.11. The van der Waals surface area contributed by atoms with Crippen LogP contribution in [-0.4, -0.2) is 12.3 Å². The number of thiophene rings is 1. The Morgan fingerprint density at radius 1 is 1.35 bits per heavy atom. The molecule has 17 heavy (non-hydrogen) atoms. The molecule has 0 radical (unpaired) electrons. The van der Waals surface area contributed by atoms with Gasteiger partial charge in [0.1, 0.15) is 5.75 Å². The molecule has 0 saturated heterocycles. The van der Waals surface area contributed by atoms with E-state index in [1.54, 1.807) is 24.5 Å². The number of rotatable bonds is 2. The van der Waals surface area contributed by atoms with E-state index in [2.05, 4.69) is 5.16 Å². The van der Waals surface area contributed by atoms with Crippen LogP contribution in [0.1, 0.15) is 0 Å². The molecule has 0 aliphatic carbocycles. The molecule has 0 fully saturated rings. The van der Waals surface area contributed by atoms with Crippen molar-refractivity contribution in [3.05, 3.63) is 30.3 Å². The summed E-state index contributed by atoms with van der Waals surface area (Å²) in [6, 6.07) is 9.71. The zero-order valence-electron chi connectivity index (χ0n) is 9.14. The van der Waals surface area contributed by atoms with Gasteiger partial charge < -0.3 is 15.0 Å². The Morgan fingerprint density at radius 2 is 2.24 bits per heavy atom. The molecule has 0 amide bonds. The van der Waals surface area contributed by atoms with Crippen molar-refractivity contribution in [2.45, 2.75) is 0 Å². The Balaban J connectivity index is 2.19. The third-order valence-corrected chi connectivity index (χ3v) is 3.68. The van der Waals surface area contributed by atoms with Crippen LogP contribution in [0.5, 0.6) is 5.75 Å². The van der Waals surface area contributed by atoms with Gasteiger partial charge in [0, 0.05) is 6.07 Å². The van der Waals surface area contributed by atoms with Crippen molar-refractivity contribution < 1.29 is 9.26 Å². The third kappa shape index (κ3) is 1.64. The summed E-state index contributed by atoms with van der Waals surface area (Å²) in [6.07, 6.45) is 0. The molecule has 2 N–H and O–H groups in total. The number of ether oxygens (including phenoxy) is 1. The van der Waals surface area contributed by atoms with Gasteiger partial charge in [-0.1, -0.05) is 17.3 Å². The molecule has 0 aliphatic rings. The number of fused-ring (bicyclic) bond motifs is 1. The zero-order chi connectivity index (χ0) is 11.8. The molecule has 2 heterocycles. The van der Waals surface area contributed by atoms with Crippen LogP contribution in [0.4, 0.5) is 5.82 Å². The molecular formula is C12H10N2O2S. The number of hydrogen-bond acceptors (Lipinski definition) is 5. The second kappa shape index (κ2) is 3.78. The van der Waals surface area contributed by atoms with Crippen LogP contribution in [0, 0.1) is 0 Å². The Labute approximate surface area is 102 Å². The third-order valence-electron chi connectivity index (χ3n) is 2.50. The first-order valence-corrected chi connectivity index (χ1v) is 5.88. The Bertz CT molecular complexity index is 672. The van der Waals surface area contributed by atoms with Crippen LogP contribution in [0.3, 0.4) is 0 Å². The lowest BCUT2D eigenvalue weighted by molar-refractivity contribution is 0.420. The number of nitrogens with zero attached hydrogens (tertiary/aromatic N) is 1. The highest BCUT2D eigenvalue weighted by atomic mass is 32.1. The first-order chi connectivity index (χ1) is 8.28.